The van der Waals surface area contributed by atoms with Gasteiger partial charge in [-0.3, -0.25) is 4.79 Å². The molecule has 0 radical (unpaired) electrons. The fourth-order valence-electron chi connectivity index (χ4n) is 4.46. The van der Waals surface area contributed by atoms with Crippen molar-refractivity contribution in [3.05, 3.63) is 85.2 Å². The second-order valence-corrected chi connectivity index (χ2v) is 11.3. The Balaban J connectivity index is 1.40. The van der Waals surface area contributed by atoms with Crippen molar-refractivity contribution in [1.82, 2.24) is 20.1 Å². The Labute approximate surface area is 221 Å². The van der Waals surface area contributed by atoms with Crippen LogP contribution in [0.1, 0.15) is 58.3 Å². The number of aryl methyl sites for hydroxylation is 1. The van der Waals surface area contributed by atoms with Crippen molar-refractivity contribution in [2.24, 2.45) is 5.73 Å². The summed E-state index contributed by atoms with van der Waals surface area (Å²) in [6, 6.07) is 15.7. The van der Waals surface area contributed by atoms with Crippen LogP contribution in [0.15, 0.2) is 58.3 Å². The van der Waals surface area contributed by atoms with Crippen molar-refractivity contribution >= 4 is 39.8 Å². The third-order valence-electron chi connectivity index (χ3n) is 6.15. The van der Waals surface area contributed by atoms with Gasteiger partial charge in [0.25, 0.3) is 5.91 Å². The Morgan fingerprint density at radius 3 is 2.80 bits per heavy atom. The first-order chi connectivity index (χ1) is 16.8. The maximum absolute atomic E-state index is 13.6. The minimum Gasteiger partial charge on any atom is -0.419 e. The van der Waals surface area contributed by atoms with Crippen LogP contribution in [0.4, 0.5) is 0 Å². The molecule has 2 N–H and O–H groups in total. The summed E-state index contributed by atoms with van der Waals surface area (Å²) >= 11 is 3.84. The molecule has 3 heterocycles. The van der Waals surface area contributed by atoms with Gasteiger partial charge < -0.3 is 15.1 Å². The number of benzene rings is 2. The average Bonchev–Trinajstić information content (AvgIpc) is 3.59. The number of halogens is 1. The molecular weight excluding hydrogens is 573 g/mol. The van der Waals surface area contributed by atoms with Crippen LogP contribution >= 0.6 is 33.9 Å². The quantitative estimate of drug-likeness (QED) is 0.294. The molecule has 1 saturated heterocycles. The van der Waals surface area contributed by atoms with E-state index < -0.39 is 5.54 Å². The molecule has 35 heavy (non-hydrogen) atoms. The van der Waals surface area contributed by atoms with Crippen LogP contribution in [0, 0.1) is 10.5 Å². The standard InChI is InChI=1S/C26H26IN5O2S/c1-16-15-35-23(29-16)21-9-6-10-32(21)24(33)19-11-18(12-20(27)13-19)22-30-31-25(34-22)26(2,28)14-17-7-4-3-5-8-17/h3-5,7-8,11-13,15,21H,6,9-10,14,28H2,1-2H3/t21-,26+/m1/s1. The van der Waals surface area contributed by atoms with Crippen LogP contribution in [-0.2, 0) is 12.0 Å². The number of hydrogen-bond acceptors (Lipinski definition) is 7. The topological polar surface area (TPSA) is 98.1 Å². The molecule has 0 unspecified atom stereocenters. The number of carbonyl (C=O) groups excluding carboxylic acids is 1. The van der Waals surface area contributed by atoms with Gasteiger partial charge in [0.2, 0.25) is 11.8 Å². The van der Waals surface area contributed by atoms with Crippen molar-refractivity contribution in [3.8, 4) is 11.5 Å². The number of rotatable bonds is 6. The van der Waals surface area contributed by atoms with E-state index in [1.54, 1.807) is 11.3 Å². The van der Waals surface area contributed by atoms with Crippen LogP contribution in [0.3, 0.4) is 0 Å². The summed E-state index contributed by atoms with van der Waals surface area (Å²) in [4.78, 5) is 20.1. The Bertz CT molecular complexity index is 1350. The van der Waals surface area contributed by atoms with Gasteiger partial charge in [-0.05, 0) is 79.5 Å². The van der Waals surface area contributed by atoms with Crippen LogP contribution in [0.5, 0.6) is 0 Å². The number of thiazole rings is 1. The van der Waals surface area contributed by atoms with Gasteiger partial charge in [0, 0.05) is 32.3 Å². The highest BCUT2D eigenvalue weighted by Crippen LogP contribution is 2.35. The van der Waals surface area contributed by atoms with Crippen molar-refractivity contribution in [3.63, 3.8) is 0 Å². The van der Waals surface area contributed by atoms with Crippen LogP contribution in [0.2, 0.25) is 0 Å². The number of nitrogens with two attached hydrogens (primary N) is 1. The molecular formula is C26H26IN5O2S. The summed E-state index contributed by atoms with van der Waals surface area (Å²) in [6.45, 7) is 4.59. The number of amides is 1. The molecule has 7 nitrogen and oxygen atoms in total. The molecule has 2 atom stereocenters. The first-order valence-electron chi connectivity index (χ1n) is 11.5. The summed E-state index contributed by atoms with van der Waals surface area (Å²) in [5, 5.41) is 11.6. The fourth-order valence-corrected chi connectivity index (χ4v) is 6.07. The predicted molar refractivity (Wildman–Crippen MR) is 144 cm³/mol. The molecule has 0 bridgehead atoms. The minimum absolute atomic E-state index is 0.00685. The molecule has 5 rings (SSSR count). The Morgan fingerprint density at radius 1 is 1.26 bits per heavy atom. The number of nitrogens with zero attached hydrogens (tertiary/aromatic N) is 4. The number of hydrogen-bond donors (Lipinski definition) is 1. The summed E-state index contributed by atoms with van der Waals surface area (Å²) in [6.07, 6.45) is 2.46. The highest BCUT2D eigenvalue weighted by atomic mass is 127. The highest BCUT2D eigenvalue weighted by molar-refractivity contribution is 14.1. The number of likely N-dealkylation sites (tertiary alicyclic amines) is 1. The Morgan fingerprint density at radius 2 is 2.06 bits per heavy atom. The van der Waals surface area contributed by atoms with Gasteiger partial charge in [-0.15, -0.1) is 21.5 Å². The second-order valence-electron chi connectivity index (χ2n) is 9.20. The van der Waals surface area contributed by atoms with Gasteiger partial charge in [-0.2, -0.15) is 0 Å². The van der Waals surface area contributed by atoms with Gasteiger partial charge in [0.05, 0.1) is 11.6 Å². The smallest absolute Gasteiger partial charge is 0.254 e. The van der Waals surface area contributed by atoms with Crippen molar-refractivity contribution < 1.29 is 9.21 Å². The van der Waals surface area contributed by atoms with E-state index in [1.165, 1.54) is 0 Å². The van der Waals surface area contributed by atoms with Gasteiger partial charge in [-0.25, -0.2) is 4.98 Å². The van der Waals surface area contributed by atoms with Gasteiger partial charge in [0.1, 0.15) is 5.01 Å². The third-order valence-corrected chi connectivity index (χ3v) is 7.84. The lowest BCUT2D eigenvalue weighted by molar-refractivity contribution is 0.0735. The van der Waals surface area contributed by atoms with E-state index >= 15 is 0 Å². The van der Waals surface area contributed by atoms with Gasteiger partial charge >= 0.3 is 0 Å². The first kappa shape index (κ1) is 24.1. The minimum atomic E-state index is -0.818. The molecule has 2 aromatic carbocycles. The summed E-state index contributed by atoms with van der Waals surface area (Å²) in [5.41, 5.74) is 9.14. The molecule has 0 spiro atoms. The van der Waals surface area contributed by atoms with E-state index in [9.17, 15) is 4.79 Å². The zero-order valence-corrected chi connectivity index (χ0v) is 22.5. The van der Waals surface area contributed by atoms with Crippen molar-refractivity contribution in [2.45, 2.75) is 44.7 Å². The summed E-state index contributed by atoms with van der Waals surface area (Å²) in [5.74, 6) is 0.709. The van der Waals surface area contributed by atoms with E-state index in [0.717, 1.165) is 39.2 Å². The van der Waals surface area contributed by atoms with Crippen molar-refractivity contribution in [2.75, 3.05) is 6.54 Å². The molecule has 2 aromatic heterocycles. The summed E-state index contributed by atoms with van der Waals surface area (Å²) in [7, 11) is 0. The zero-order chi connectivity index (χ0) is 24.6. The van der Waals surface area contributed by atoms with Crippen LogP contribution < -0.4 is 5.73 Å². The molecule has 1 aliphatic heterocycles. The van der Waals surface area contributed by atoms with E-state index in [1.807, 2.05) is 72.7 Å². The van der Waals surface area contributed by atoms with Gasteiger partial charge in [-0.1, -0.05) is 30.3 Å². The second kappa shape index (κ2) is 9.79. The van der Waals surface area contributed by atoms with Crippen LogP contribution in [0.25, 0.3) is 11.5 Å². The normalized spacial score (nSPS) is 17.5. The number of aromatic nitrogens is 3. The van der Waals surface area contributed by atoms with E-state index in [2.05, 4.69) is 37.8 Å². The monoisotopic (exact) mass is 599 g/mol. The molecule has 0 aliphatic carbocycles. The molecule has 4 aromatic rings. The van der Waals surface area contributed by atoms with E-state index in [-0.39, 0.29) is 11.9 Å². The van der Waals surface area contributed by atoms with Gasteiger partial charge in [0.15, 0.2) is 0 Å². The average molecular weight is 599 g/mol. The van der Waals surface area contributed by atoms with E-state index in [0.29, 0.717) is 29.3 Å². The Kier molecular flexibility index (Phi) is 6.73. The Hall–Kier alpha value is -2.63. The molecule has 1 aliphatic rings. The predicted octanol–water partition coefficient (Wildman–Crippen LogP) is 5.50. The molecule has 0 saturated carbocycles. The maximum Gasteiger partial charge on any atom is 0.254 e. The van der Waals surface area contributed by atoms with E-state index in [4.69, 9.17) is 10.2 Å². The lowest BCUT2D eigenvalue weighted by atomic mass is 9.94. The summed E-state index contributed by atoms with van der Waals surface area (Å²) < 4.78 is 6.95. The van der Waals surface area contributed by atoms with Crippen molar-refractivity contribution in [1.29, 1.82) is 0 Å². The fraction of sp³-hybridized carbons (Fsp3) is 0.308. The lowest BCUT2D eigenvalue weighted by Crippen LogP contribution is -2.35. The molecule has 1 amide bonds. The molecule has 9 heteroatoms. The maximum atomic E-state index is 13.6. The lowest BCUT2D eigenvalue weighted by Gasteiger charge is -2.23. The third kappa shape index (κ3) is 5.17. The highest BCUT2D eigenvalue weighted by Gasteiger charge is 2.33. The molecule has 180 valence electrons. The van der Waals surface area contributed by atoms with Crippen LogP contribution in [-0.4, -0.2) is 32.5 Å². The largest absolute Gasteiger partial charge is 0.419 e. The number of carbonyl (C=O) groups is 1. The molecule has 1 fully saturated rings. The first-order valence-corrected chi connectivity index (χ1v) is 13.5. The zero-order valence-electron chi connectivity index (χ0n) is 19.6. The SMILES string of the molecule is Cc1csc([C@H]2CCCN2C(=O)c2cc(I)cc(-c3nnc([C@@](C)(N)Cc4ccccc4)o3)c2)n1.